The van der Waals surface area contributed by atoms with Crippen LogP contribution < -0.4 is 10.6 Å². The molecule has 28 heavy (non-hydrogen) atoms. The number of rotatable bonds is 4. The van der Waals surface area contributed by atoms with E-state index in [0.717, 1.165) is 24.0 Å². The SMILES string of the molecule is Cc1ccc(Cl)cc1NC(=O)N1CCC[C@@](C)(C(=O)NCc2ccccc2)C1. The Labute approximate surface area is 171 Å². The number of amides is 3. The van der Waals surface area contributed by atoms with Crippen LogP contribution in [0.15, 0.2) is 48.5 Å². The quantitative estimate of drug-likeness (QED) is 0.789. The second kappa shape index (κ2) is 8.65. The molecule has 0 unspecified atom stereocenters. The Hall–Kier alpha value is -2.53. The number of aryl methyl sites for hydroxylation is 1. The molecule has 2 aromatic carbocycles. The largest absolute Gasteiger partial charge is 0.351 e. The van der Waals surface area contributed by atoms with E-state index < -0.39 is 5.41 Å². The maximum Gasteiger partial charge on any atom is 0.321 e. The maximum absolute atomic E-state index is 12.8. The molecule has 0 spiro atoms. The van der Waals surface area contributed by atoms with Crippen molar-refractivity contribution in [3.63, 3.8) is 0 Å². The molecule has 0 bridgehead atoms. The van der Waals surface area contributed by atoms with Gasteiger partial charge in [0, 0.05) is 30.3 Å². The van der Waals surface area contributed by atoms with Gasteiger partial charge in [-0.25, -0.2) is 4.79 Å². The van der Waals surface area contributed by atoms with E-state index in [2.05, 4.69) is 10.6 Å². The first-order chi connectivity index (χ1) is 13.4. The lowest BCUT2D eigenvalue weighted by Crippen LogP contribution is -2.52. The highest BCUT2D eigenvalue weighted by Gasteiger charge is 2.39. The van der Waals surface area contributed by atoms with Gasteiger partial charge in [0.15, 0.2) is 0 Å². The van der Waals surface area contributed by atoms with E-state index in [1.807, 2.05) is 50.2 Å². The number of halogens is 1. The van der Waals surface area contributed by atoms with E-state index in [1.165, 1.54) is 0 Å². The number of benzene rings is 2. The number of nitrogens with zero attached hydrogens (tertiary/aromatic N) is 1. The van der Waals surface area contributed by atoms with Crippen LogP contribution in [0.25, 0.3) is 0 Å². The van der Waals surface area contributed by atoms with Crippen molar-refractivity contribution >= 4 is 29.2 Å². The summed E-state index contributed by atoms with van der Waals surface area (Å²) in [5, 5.41) is 6.52. The number of hydrogen-bond donors (Lipinski definition) is 2. The minimum atomic E-state index is -0.603. The number of hydrogen-bond acceptors (Lipinski definition) is 2. The third kappa shape index (κ3) is 4.84. The first kappa shape index (κ1) is 20.2. The summed E-state index contributed by atoms with van der Waals surface area (Å²) < 4.78 is 0. The fraction of sp³-hybridized carbons (Fsp3) is 0.364. The smallest absolute Gasteiger partial charge is 0.321 e. The van der Waals surface area contributed by atoms with Gasteiger partial charge >= 0.3 is 6.03 Å². The number of nitrogens with one attached hydrogen (secondary N) is 2. The second-order valence-corrected chi connectivity index (χ2v) is 8.08. The highest BCUT2D eigenvalue weighted by atomic mass is 35.5. The number of likely N-dealkylation sites (tertiary alicyclic amines) is 1. The first-order valence-corrected chi connectivity index (χ1v) is 9.89. The number of anilines is 1. The van der Waals surface area contributed by atoms with E-state index in [1.54, 1.807) is 17.0 Å². The molecule has 1 heterocycles. The molecule has 3 amide bonds. The molecule has 1 aliphatic heterocycles. The van der Waals surface area contributed by atoms with E-state index >= 15 is 0 Å². The molecular weight excluding hydrogens is 374 g/mol. The van der Waals surface area contributed by atoms with Crippen LogP contribution in [0, 0.1) is 12.3 Å². The van der Waals surface area contributed by atoms with Crippen molar-refractivity contribution in [2.45, 2.75) is 33.2 Å². The van der Waals surface area contributed by atoms with Crippen LogP contribution in [0.1, 0.15) is 30.9 Å². The van der Waals surface area contributed by atoms with Gasteiger partial charge in [0.1, 0.15) is 0 Å². The van der Waals surface area contributed by atoms with Crippen molar-refractivity contribution in [3.05, 3.63) is 64.7 Å². The Balaban J connectivity index is 1.62. The average Bonchev–Trinajstić information content (AvgIpc) is 2.69. The highest BCUT2D eigenvalue weighted by Crippen LogP contribution is 2.30. The lowest BCUT2D eigenvalue weighted by Gasteiger charge is -2.39. The van der Waals surface area contributed by atoms with Gasteiger partial charge in [-0.1, -0.05) is 48.0 Å². The molecule has 1 atom stereocenters. The normalized spacial score (nSPS) is 19.2. The molecule has 0 saturated carbocycles. The van der Waals surface area contributed by atoms with Gasteiger partial charge in [-0.3, -0.25) is 4.79 Å². The van der Waals surface area contributed by atoms with Gasteiger partial charge in [-0.2, -0.15) is 0 Å². The van der Waals surface area contributed by atoms with Crippen LogP contribution in [0.3, 0.4) is 0 Å². The molecule has 5 nitrogen and oxygen atoms in total. The molecule has 0 radical (unpaired) electrons. The Morgan fingerprint density at radius 3 is 2.68 bits per heavy atom. The summed E-state index contributed by atoms with van der Waals surface area (Å²) in [6.45, 7) is 5.36. The zero-order chi connectivity index (χ0) is 20.1. The lowest BCUT2D eigenvalue weighted by atomic mass is 9.81. The van der Waals surface area contributed by atoms with Crippen LogP contribution in [0.5, 0.6) is 0 Å². The Morgan fingerprint density at radius 2 is 1.93 bits per heavy atom. The van der Waals surface area contributed by atoms with Gasteiger partial charge in [0.05, 0.1) is 5.41 Å². The van der Waals surface area contributed by atoms with Gasteiger partial charge in [-0.15, -0.1) is 0 Å². The summed E-state index contributed by atoms with van der Waals surface area (Å²) >= 11 is 6.04. The standard InChI is InChI=1S/C22H26ClN3O2/c1-16-9-10-18(23)13-19(16)25-21(28)26-12-6-11-22(2,15-26)20(27)24-14-17-7-4-3-5-8-17/h3-5,7-10,13H,6,11-12,14-15H2,1-2H3,(H,24,27)(H,25,28)/t22-/m1/s1. The van der Waals surface area contributed by atoms with Crippen LogP contribution in [0.4, 0.5) is 10.5 Å². The van der Waals surface area contributed by atoms with Crippen molar-refractivity contribution in [1.82, 2.24) is 10.2 Å². The molecule has 1 aliphatic rings. The van der Waals surface area contributed by atoms with E-state index in [-0.39, 0.29) is 11.9 Å². The van der Waals surface area contributed by atoms with Crippen molar-refractivity contribution in [2.75, 3.05) is 18.4 Å². The molecule has 148 valence electrons. The molecule has 1 saturated heterocycles. The van der Waals surface area contributed by atoms with E-state index in [9.17, 15) is 9.59 Å². The number of carbonyl (C=O) groups is 2. The lowest BCUT2D eigenvalue weighted by molar-refractivity contribution is -0.132. The molecule has 1 fully saturated rings. The van der Waals surface area contributed by atoms with Crippen molar-refractivity contribution in [2.24, 2.45) is 5.41 Å². The average molecular weight is 400 g/mol. The molecule has 0 aromatic heterocycles. The van der Waals surface area contributed by atoms with Crippen LogP contribution >= 0.6 is 11.6 Å². The summed E-state index contributed by atoms with van der Waals surface area (Å²) in [6.07, 6.45) is 1.55. The van der Waals surface area contributed by atoms with Crippen LogP contribution in [0.2, 0.25) is 5.02 Å². The Morgan fingerprint density at radius 1 is 1.18 bits per heavy atom. The summed E-state index contributed by atoms with van der Waals surface area (Å²) in [7, 11) is 0. The zero-order valence-corrected chi connectivity index (χ0v) is 17.1. The predicted molar refractivity (Wildman–Crippen MR) is 112 cm³/mol. The molecule has 2 aromatic rings. The predicted octanol–water partition coefficient (Wildman–Crippen LogP) is 4.60. The van der Waals surface area contributed by atoms with Crippen molar-refractivity contribution < 1.29 is 9.59 Å². The molecule has 0 aliphatic carbocycles. The van der Waals surface area contributed by atoms with E-state index in [0.29, 0.717) is 30.3 Å². The number of carbonyl (C=O) groups excluding carboxylic acids is 2. The Kier molecular flexibility index (Phi) is 6.25. The monoisotopic (exact) mass is 399 g/mol. The fourth-order valence-corrected chi connectivity index (χ4v) is 3.68. The molecule has 2 N–H and O–H groups in total. The fourth-order valence-electron chi connectivity index (χ4n) is 3.51. The van der Waals surface area contributed by atoms with E-state index in [4.69, 9.17) is 11.6 Å². The van der Waals surface area contributed by atoms with Gasteiger partial charge < -0.3 is 15.5 Å². The number of piperidine rings is 1. The summed E-state index contributed by atoms with van der Waals surface area (Å²) in [5.41, 5.74) is 2.09. The van der Waals surface area contributed by atoms with Gasteiger partial charge in [-0.05, 0) is 49.9 Å². The third-order valence-electron chi connectivity index (χ3n) is 5.27. The number of urea groups is 1. The molecule has 3 rings (SSSR count). The summed E-state index contributed by atoms with van der Waals surface area (Å²) in [6, 6.07) is 15.0. The first-order valence-electron chi connectivity index (χ1n) is 9.52. The molecule has 6 heteroatoms. The van der Waals surface area contributed by atoms with Gasteiger partial charge in [0.2, 0.25) is 5.91 Å². The Bertz CT molecular complexity index is 856. The van der Waals surface area contributed by atoms with Gasteiger partial charge in [0.25, 0.3) is 0 Å². The minimum Gasteiger partial charge on any atom is -0.351 e. The molecular formula is C22H26ClN3O2. The van der Waals surface area contributed by atoms with Crippen LogP contribution in [-0.2, 0) is 11.3 Å². The summed E-state index contributed by atoms with van der Waals surface area (Å²) in [4.78, 5) is 27.3. The maximum atomic E-state index is 12.8. The second-order valence-electron chi connectivity index (χ2n) is 7.64. The van der Waals surface area contributed by atoms with Crippen LogP contribution in [-0.4, -0.2) is 29.9 Å². The van der Waals surface area contributed by atoms with Crippen molar-refractivity contribution in [1.29, 1.82) is 0 Å². The van der Waals surface area contributed by atoms with Crippen molar-refractivity contribution in [3.8, 4) is 0 Å². The topological polar surface area (TPSA) is 61.4 Å². The summed E-state index contributed by atoms with van der Waals surface area (Å²) in [5.74, 6) is -0.0206. The third-order valence-corrected chi connectivity index (χ3v) is 5.50. The zero-order valence-electron chi connectivity index (χ0n) is 16.3. The minimum absolute atomic E-state index is 0.0206. The highest BCUT2D eigenvalue weighted by molar-refractivity contribution is 6.31.